The summed E-state index contributed by atoms with van der Waals surface area (Å²) in [5, 5.41) is 4.61. The van der Waals surface area contributed by atoms with E-state index in [2.05, 4.69) is 161 Å². The summed E-state index contributed by atoms with van der Waals surface area (Å²) in [5.74, 6) is 1.73. The highest BCUT2D eigenvalue weighted by atomic mass is 15.2. The van der Waals surface area contributed by atoms with Gasteiger partial charge in [-0.25, -0.2) is 9.97 Å². The zero-order valence-corrected chi connectivity index (χ0v) is 30.2. The van der Waals surface area contributed by atoms with Crippen molar-refractivity contribution in [2.45, 2.75) is 0 Å². The molecular formula is C50H32N6. The number of benzene rings is 7. The lowest BCUT2D eigenvalue weighted by atomic mass is 10.1. The fourth-order valence-electron chi connectivity index (χ4n) is 8.05. The number of hydrogen-bond donors (Lipinski definition) is 0. The molecule has 0 N–H and O–H groups in total. The SMILES string of the molecule is c1ccc(-c2cccc(-c3cccc(-c4nc(-c5ccccc5)nc(-n5c6ccccc6c6ccc7c8ccccc8n(-c8ccccc8)c7c65)n4)c3)n2)cc1. The maximum Gasteiger partial charge on any atom is 0.238 e. The average Bonchev–Trinajstić information content (AvgIpc) is 3.80. The average molecular weight is 717 g/mol. The molecule has 0 bridgehead atoms. The first-order valence-electron chi connectivity index (χ1n) is 18.7. The molecule has 6 heteroatoms. The Hall–Kier alpha value is -7.70. The molecule has 0 radical (unpaired) electrons. The smallest absolute Gasteiger partial charge is 0.238 e. The van der Waals surface area contributed by atoms with Crippen molar-refractivity contribution in [2.75, 3.05) is 0 Å². The van der Waals surface area contributed by atoms with E-state index in [1.165, 1.54) is 5.39 Å². The minimum atomic E-state index is 0.548. The van der Waals surface area contributed by atoms with Crippen LogP contribution in [0.25, 0.3) is 101 Å². The molecule has 0 aliphatic carbocycles. The summed E-state index contributed by atoms with van der Waals surface area (Å²) < 4.78 is 4.61. The highest BCUT2D eigenvalue weighted by Crippen LogP contribution is 2.41. The molecule has 0 aliphatic heterocycles. The summed E-state index contributed by atoms with van der Waals surface area (Å²) in [6.07, 6.45) is 0. The number of fused-ring (bicyclic) bond motifs is 7. The maximum atomic E-state index is 5.35. The van der Waals surface area contributed by atoms with Gasteiger partial charge < -0.3 is 4.57 Å². The van der Waals surface area contributed by atoms with Crippen LogP contribution in [0.5, 0.6) is 0 Å². The van der Waals surface area contributed by atoms with Crippen molar-refractivity contribution in [1.29, 1.82) is 0 Å². The standard InChI is InChI=1S/C50H32N6/c1-4-16-33(17-5-1)42-26-15-27-43(51-42)35-20-14-21-36(32-35)49-52-48(34-18-6-2-7-19-34)53-50(54-49)56-45-29-13-11-25-39(45)41-31-30-40-38-24-10-12-28-44(38)55(46(40)47(41)56)37-22-8-3-9-23-37/h1-32H. The number of aromatic nitrogens is 6. The summed E-state index contributed by atoms with van der Waals surface area (Å²) in [4.78, 5) is 20.8. The van der Waals surface area contributed by atoms with Crippen molar-refractivity contribution < 1.29 is 0 Å². The third-order valence-corrected chi connectivity index (χ3v) is 10.6. The monoisotopic (exact) mass is 716 g/mol. The van der Waals surface area contributed by atoms with Gasteiger partial charge in [-0.3, -0.25) is 4.57 Å². The van der Waals surface area contributed by atoms with Gasteiger partial charge in [-0.2, -0.15) is 9.97 Å². The van der Waals surface area contributed by atoms with Gasteiger partial charge in [-0.05, 0) is 42.5 Å². The van der Waals surface area contributed by atoms with Crippen LogP contribution < -0.4 is 0 Å². The van der Waals surface area contributed by atoms with Crippen LogP contribution in [0.2, 0.25) is 0 Å². The van der Waals surface area contributed by atoms with E-state index in [0.717, 1.165) is 77.6 Å². The molecule has 262 valence electrons. The zero-order chi connectivity index (χ0) is 37.0. The van der Waals surface area contributed by atoms with E-state index in [1.807, 2.05) is 42.5 Å². The Bertz CT molecular complexity index is 3240. The fourth-order valence-corrected chi connectivity index (χ4v) is 8.05. The Morgan fingerprint density at radius 3 is 1.46 bits per heavy atom. The number of rotatable bonds is 6. The van der Waals surface area contributed by atoms with Crippen LogP contribution >= 0.6 is 0 Å². The van der Waals surface area contributed by atoms with E-state index in [1.54, 1.807) is 0 Å². The van der Waals surface area contributed by atoms with Crippen LogP contribution in [0.3, 0.4) is 0 Å². The summed E-state index contributed by atoms with van der Waals surface area (Å²) in [6.45, 7) is 0. The molecular weight excluding hydrogens is 685 g/mol. The maximum absolute atomic E-state index is 5.35. The molecule has 0 atom stereocenters. The van der Waals surface area contributed by atoms with E-state index >= 15 is 0 Å². The van der Waals surface area contributed by atoms with E-state index in [9.17, 15) is 0 Å². The molecule has 0 spiro atoms. The van der Waals surface area contributed by atoms with Gasteiger partial charge in [0.2, 0.25) is 5.95 Å². The largest absolute Gasteiger partial charge is 0.307 e. The Balaban J connectivity index is 1.19. The zero-order valence-electron chi connectivity index (χ0n) is 30.2. The third kappa shape index (κ3) is 5.19. The molecule has 0 saturated carbocycles. The Labute approximate surface area is 322 Å². The molecule has 11 aromatic rings. The molecule has 0 aliphatic rings. The van der Waals surface area contributed by atoms with Crippen molar-refractivity contribution in [3.63, 3.8) is 0 Å². The highest BCUT2D eigenvalue weighted by Gasteiger charge is 2.23. The number of hydrogen-bond acceptors (Lipinski definition) is 4. The van der Waals surface area contributed by atoms with Gasteiger partial charge in [-0.1, -0.05) is 152 Å². The topological polar surface area (TPSA) is 61.4 Å². The van der Waals surface area contributed by atoms with Crippen LogP contribution in [0.15, 0.2) is 194 Å². The number of para-hydroxylation sites is 3. The van der Waals surface area contributed by atoms with Crippen LogP contribution in [-0.2, 0) is 0 Å². The van der Waals surface area contributed by atoms with Crippen molar-refractivity contribution in [3.8, 4) is 56.9 Å². The molecule has 0 unspecified atom stereocenters. The van der Waals surface area contributed by atoms with Gasteiger partial charge in [0.15, 0.2) is 11.6 Å². The van der Waals surface area contributed by atoms with Gasteiger partial charge in [0.25, 0.3) is 0 Å². The quantitative estimate of drug-likeness (QED) is 0.172. The van der Waals surface area contributed by atoms with Crippen molar-refractivity contribution in [3.05, 3.63) is 194 Å². The van der Waals surface area contributed by atoms with Crippen LogP contribution in [0.4, 0.5) is 0 Å². The van der Waals surface area contributed by atoms with E-state index in [4.69, 9.17) is 19.9 Å². The second-order valence-electron chi connectivity index (χ2n) is 13.9. The number of nitrogens with zero attached hydrogens (tertiary/aromatic N) is 6. The Morgan fingerprint density at radius 2 is 0.786 bits per heavy atom. The first-order chi connectivity index (χ1) is 27.8. The molecule has 0 saturated heterocycles. The Morgan fingerprint density at radius 1 is 0.304 bits per heavy atom. The van der Waals surface area contributed by atoms with Gasteiger partial charge in [-0.15, -0.1) is 0 Å². The predicted octanol–water partition coefficient (Wildman–Crippen LogP) is 12.1. The lowest BCUT2D eigenvalue weighted by Crippen LogP contribution is -2.07. The second-order valence-corrected chi connectivity index (χ2v) is 13.9. The molecule has 4 aromatic heterocycles. The van der Waals surface area contributed by atoms with Crippen LogP contribution in [0.1, 0.15) is 0 Å². The normalized spacial score (nSPS) is 11.6. The summed E-state index contributed by atoms with van der Waals surface area (Å²) >= 11 is 0. The predicted molar refractivity (Wildman–Crippen MR) is 228 cm³/mol. The van der Waals surface area contributed by atoms with E-state index in [0.29, 0.717) is 17.6 Å². The van der Waals surface area contributed by atoms with Gasteiger partial charge in [0.1, 0.15) is 0 Å². The lowest BCUT2D eigenvalue weighted by molar-refractivity contribution is 0.953. The van der Waals surface area contributed by atoms with Crippen LogP contribution in [0, 0.1) is 0 Å². The highest BCUT2D eigenvalue weighted by molar-refractivity contribution is 6.23. The van der Waals surface area contributed by atoms with Crippen molar-refractivity contribution in [1.82, 2.24) is 29.1 Å². The molecule has 11 rings (SSSR count). The third-order valence-electron chi connectivity index (χ3n) is 10.6. The van der Waals surface area contributed by atoms with Gasteiger partial charge in [0, 0.05) is 49.5 Å². The second kappa shape index (κ2) is 13.0. The fraction of sp³-hybridized carbons (Fsp3) is 0. The molecule has 6 nitrogen and oxygen atoms in total. The first-order valence-corrected chi connectivity index (χ1v) is 18.7. The van der Waals surface area contributed by atoms with Gasteiger partial charge >= 0.3 is 0 Å². The first kappa shape index (κ1) is 31.8. The molecule has 0 fully saturated rings. The minimum Gasteiger partial charge on any atom is -0.307 e. The molecule has 0 amide bonds. The molecule has 7 aromatic carbocycles. The number of pyridine rings is 1. The van der Waals surface area contributed by atoms with Crippen molar-refractivity contribution in [2.24, 2.45) is 0 Å². The minimum absolute atomic E-state index is 0.548. The summed E-state index contributed by atoms with van der Waals surface area (Å²) in [5.41, 5.74) is 11.0. The van der Waals surface area contributed by atoms with Crippen LogP contribution in [-0.4, -0.2) is 29.1 Å². The lowest BCUT2D eigenvalue weighted by Gasteiger charge is -2.13. The van der Waals surface area contributed by atoms with E-state index < -0.39 is 0 Å². The molecule has 4 heterocycles. The van der Waals surface area contributed by atoms with E-state index in [-0.39, 0.29) is 0 Å². The Kier molecular flexibility index (Phi) is 7.38. The van der Waals surface area contributed by atoms with Crippen molar-refractivity contribution >= 4 is 43.6 Å². The molecule has 56 heavy (non-hydrogen) atoms. The van der Waals surface area contributed by atoms with Gasteiger partial charge in [0.05, 0.1) is 33.5 Å². The summed E-state index contributed by atoms with van der Waals surface area (Å²) in [6, 6.07) is 67.2. The summed E-state index contributed by atoms with van der Waals surface area (Å²) in [7, 11) is 0.